The Morgan fingerprint density at radius 3 is 2.65 bits per heavy atom. The molecule has 1 unspecified atom stereocenters. The van der Waals surface area contributed by atoms with E-state index in [4.69, 9.17) is 5.11 Å². The number of amides is 1. The molecule has 1 rings (SSSR count). The summed E-state index contributed by atoms with van der Waals surface area (Å²) in [6, 6.07) is 0. The minimum atomic E-state index is -0.964. The van der Waals surface area contributed by atoms with E-state index in [0.29, 0.717) is 0 Å². The van der Waals surface area contributed by atoms with Crippen LogP contribution in [-0.4, -0.2) is 38.2 Å². The molecule has 2 N–H and O–H groups in total. The number of aryl methyl sites for hydroxylation is 2. The molecule has 0 saturated heterocycles. The van der Waals surface area contributed by atoms with Crippen molar-refractivity contribution in [3.63, 3.8) is 0 Å². The molecule has 0 bridgehead atoms. The average molecular weight is 284 g/mol. The standard InChI is InChI=1S/C11H16N4O5/c1-6(4-8(16)17)5-12-11(18)10-9(15(19)20)7(2)13-14(10)3/h6H,4-5H2,1-3H3,(H,12,18)(H,16,17). The molecule has 0 aromatic carbocycles. The molecule has 0 aliphatic carbocycles. The van der Waals surface area contributed by atoms with E-state index in [1.54, 1.807) is 6.92 Å². The van der Waals surface area contributed by atoms with E-state index < -0.39 is 16.8 Å². The molecular weight excluding hydrogens is 268 g/mol. The molecule has 1 heterocycles. The number of hydrogen-bond donors (Lipinski definition) is 2. The summed E-state index contributed by atoms with van der Waals surface area (Å²) in [5, 5.41) is 25.9. The van der Waals surface area contributed by atoms with Crippen LogP contribution in [0.15, 0.2) is 0 Å². The number of aromatic nitrogens is 2. The Bertz CT molecular complexity index is 551. The molecule has 9 nitrogen and oxygen atoms in total. The highest BCUT2D eigenvalue weighted by Crippen LogP contribution is 2.21. The van der Waals surface area contributed by atoms with Gasteiger partial charge in [0.1, 0.15) is 5.69 Å². The second-order valence-corrected chi connectivity index (χ2v) is 4.58. The minimum Gasteiger partial charge on any atom is -0.481 e. The van der Waals surface area contributed by atoms with Gasteiger partial charge in [-0.1, -0.05) is 6.92 Å². The normalized spacial score (nSPS) is 11.9. The predicted octanol–water partition coefficient (Wildman–Crippen LogP) is 0.477. The first-order valence-electron chi connectivity index (χ1n) is 5.92. The number of carbonyl (C=O) groups is 2. The summed E-state index contributed by atoms with van der Waals surface area (Å²) in [5.41, 5.74) is -0.327. The predicted molar refractivity (Wildman–Crippen MR) is 68.3 cm³/mol. The summed E-state index contributed by atoms with van der Waals surface area (Å²) in [5.74, 6) is -1.88. The number of carboxylic acids is 1. The maximum atomic E-state index is 12.0. The fraction of sp³-hybridized carbons (Fsp3) is 0.545. The first kappa shape index (κ1) is 15.6. The summed E-state index contributed by atoms with van der Waals surface area (Å²) < 4.78 is 1.14. The van der Waals surface area contributed by atoms with Gasteiger partial charge in [0.05, 0.1) is 4.92 Å². The lowest BCUT2D eigenvalue weighted by molar-refractivity contribution is -0.385. The summed E-state index contributed by atoms with van der Waals surface area (Å²) in [6.07, 6.45) is -0.0905. The molecule has 0 fully saturated rings. The number of hydrogen-bond acceptors (Lipinski definition) is 5. The highest BCUT2D eigenvalue weighted by Gasteiger charge is 2.29. The first-order valence-corrected chi connectivity index (χ1v) is 5.92. The van der Waals surface area contributed by atoms with E-state index in [2.05, 4.69) is 10.4 Å². The average Bonchev–Trinajstić information content (AvgIpc) is 2.60. The van der Waals surface area contributed by atoms with Gasteiger partial charge in [0.25, 0.3) is 5.91 Å². The van der Waals surface area contributed by atoms with Crippen molar-refractivity contribution in [1.29, 1.82) is 0 Å². The third-order valence-corrected chi connectivity index (χ3v) is 2.72. The van der Waals surface area contributed by atoms with Crippen molar-refractivity contribution in [2.75, 3.05) is 6.54 Å². The molecule has 0 saturated carbocycles. The van der Waals surface area contributed by atoms with Crippen molar-refractivity contribution in [3.05, 3.63) is 21.5 Å². The lowest BCUT2D eigenvalue weighted by Crippen LogP contribution is -2.31. The van der Waals surface area contributed by atoms with Crippen LogP contribution < -0.4 is 5.32 Å². The van der Waals surface area contributed by atoms with Crippen LogP contribution in [0.5, 0.6) is 0 Å². The van der Waals surface area contributed by atoms with Gasteiger partial charge in [-0.25, -0.2) is 0 Å². The zero-order chi connectivity index (χ0) is 15.4. The second-order valence-electron chi connectivity index (χ2n) is 4.58. The van der Waals surface area contributed by atoms with Crippen molar-refractivity contribution in [2.24, 2.45) is 13.0 Å². The molecule has 9 heteroatoms. The van der Waals surface area contributed by atoms with Crippen LogP contribution in [0.1, 0.15) is 29.5 Å². The van der Waals surface area contributed by atoms with E-state index in [1.807, 2.05) is 0 Å². The monoisotopic (exact) mass is 284 g/mol. The fourth-order valence-corrected chi connectivity index (χ4v) is 1.84. The van der Waals surface area contributed by atoms with Gasteiger partial charge < -0.3 is 10.4 Å². The number of aliphatic carboxylic acids is 1. The van der Waals surface area contributed by atoms with Crippen molar-refractivity contribution in [3.8, 4) is 0 Å². The molecule has 1 aromatic heterocycles. The Morgan fingerprint density at radius 2 is 2.15 bits per heavy atom. The fourth-order valence-electron chi connectivity index (χ4n) is 1.84. The van der Waals surface area contributed by atoms with Crippen molar-refractivity contribution in [1.82, 2.24) is 15.1 Å². The van der Waals surface area contributed by atoms with Crippen LogP contribution in [-0.2, 0) is 11.8 Å². The lowest BCUT2D eigenvalue weighted by atomic mass is 10.1. The maximum absolute atomic E-state index is 12.0. The van der Waals surface area contributed by atoms with E-state index in [0.717, 1.165) is 4.68 Å². The van der Waals surface area contributed by atoms with Crippen molar-refractivity contribution in [2.45, 2.75) is 20.3 Å². The van der Waals surface area contributed by atoms with Gasteiger partial charge in [-0.3, -0.25) is 24.4 Å². The van der Waals surface area contributed by atoms with E-state index >= 15 is 0 Å². The van der Waals surface area contributed by atoms with Crippen molar-refractivity contribution >= 4 is 17.6 Å². The van der Waals surface area contributed by atoms with E-state index in [-0.39, 0.29) is 36.0 Å². The smallest absolute Gasteiger partial charge is 0.322 e. The molecule has 0 aliphatic heterocycles. The molecular formula is C11H16N4O5. The Labute approximate surface area is 114 Å². The quantitative estimate of drug-likeness (QED) is 0.577. The summed E-state index contributed by atoms with van der Waals surface area (Å²) >= 11 is 0. The number of nitrogens with zero attached hydrogens (tertiary/aromatic N) is 3. The zero-order valence-corrected chi connectivity index (χ0v) is 11.4. The topological polar surface area (TPSA) is 127 Å². The van der Waals surface area contributed by atoms with Gasteiger partial charge in [0, 0.05) is 20.0 Å². The third-order valence-electron chi connectivity index (χ3n) is 2.72. The molecule has 1 aromatic rings. The van der Waals surface area contributed by atoms with E-state index in [1.165, 1.54) is 14.0 Å². The number of nitrogens with one attached hydrogen (secondary N) is 1. The molecule has 0 radical (unpaired) electrons. The summed E-state index contributed by atoms with van der Waals surface area (Å²) in [4.78, 5) is 32.8. The molecule has 1 atom stereocenters. The lowest BCUT2D eigenvalue weighted by Gasteiger charge is -2.10. The molecule has 1 amide bonds. The first-order chi connectivity index (χ1) is 9.23. The van der Waals surface area contributed by atoms with Crippen LogP contribution in [0, 0.1) is 23.0 Å². The third kappa shape index (κ3) is 3.53. The Hall–Kier alpha value is -2.45. The van der Waals surface area contributed by atoms with Gasteiger partial charge in [0.2, 0.25) is 5.69 Å². The van der Waals surface area contributed by atoms with Crippen LogP contribution in [0.25, 0.3) is 0 Å². The zero-order valence-electron chi connectivity index (χ0n) is 11.4. The second kappa shape index (κ2) is 6.13. The van der Waals surface area contributed by atoms with Crippen molar-refractivity contribution < 1.29 is 19.6 Å². The van der Waals surface area contributed by atoms with Crippen LogP contribution >= 0.6 is 0 Å². The van der Waals surface area contributed by atoms with Crippen LogP contribution in [0.4, 0.5) is 5.69 Å². The highest BCUT2D eigenvalue weighted by molar-refractivity contribution is 5.96. The minimum absolute atomic E-state index is 0.0905. The Kier molecular flexibility index (Phi) is 4.78. The Balaban J connectivity index is 2.83. The number of rotatable bonds is 6. The van der Waals surface area contributed by atoms with Gasteiger partial charge >= 0.3 is 11.7 Å². The molecule has 0 spiro atoms. The van der Waals surface area contributed by atoms with Crippen LogP contribution in [0.3, 0.4) is 0 Å². The Morgan fingerprint density at radius 1 is 1.55 bits per heavy atom. The summed E-state index contributed by atoms with van der Waals surface area (Å²) in [6.45, 7) is 3.23. The van der Waals surface area contributed by atoms with Gasteiger partial charge in [-0.05, 0) is 12.8 Å². The van der Waals surface area contributed by atoms with Gasteiger partial charge in [0.15, 0.2) is 0 Å². The highest BCUT2D eigenvalue weighted by atomic mass is 16.6. The number of carboxylic acid groups (broad SMARTS) is 1. The summed E-state index contributed by atoms with van der Waals surface area (Å²) in [7, 11) is 1.44. The SMILES string of the molecule is Cc1nn(C)c(C(=O)NCC(C)CC(=O)O)c1[N+](=O)[O-]. The number of carbonyl (C=O) groups excluding carboxylic acids is 1. The maximum Gasteiger partial charge on any atom is 0.322 e. The van der Waals surface area contributed by atoms with Crippen LogP contribution in [0.2, 0.25) is 0 Å². The van der Waals surface area contributed by atoms with Gasteiger partial charge in [-0.2, -0.15) is 5.10 Å². The van der Waals surface area contributed by atoms with Gasteiger partial charge in [-0.15, -0.1) is 0 Å². The molecule has 20 heavy (non-hydrogen) atoms. The number of nitro groups is 1. The van der Waals surface area contributed by atoms with E-state index in [9.17, 15) is 19.7 Å². The largest absolute Gasteiger partial charge is 0.481 e. The molecule has 110 valence electrons. The molecule has 0 aliphatic rings.